The second-order valence-corrected chi connectivity index (χ2v) is 7.73. The van der Waals surface area contributed by atoms with Gasteiger partial charge < -0.3 is 10.1 Å². The van der Waals surface area contributed by atoms with Gasteiger partial charge in [0.25, 0.3) is 5.91 Å². The maximum atomic E-state index is 13.1. The van der Waals surface area contributed by atoms with Crippen LogP contribution in [-0.4, -0.2) is 23.4 Å². The van der Waals surface area contributed by atoms with Crippen LogP contribution < -0.4 is 10.1 Å². The number of imide groups is 1. The largest absolute Gasteiger partial charge is 0.489 e. The van der Waals surface area contributed by atoms with E-state index in [0.717, 1.165) is 10.5 Å². The van der Waals surface area contributed by atoms with Crippen molar-refractivity contribution in [3.05, 3.63) is 75.8 Å². The molecule has 0 aromatic heterocycles. The van der Waals surface area contributed by atoms with Gasteiger partial charge in [-0.1, -0.05) is 48.0 Å². The van der Waals surface area contributed by atoms with E-state index in [2.05, 4.69) is 11.9 Å². The van der Waals surface area contributed by atoms with Crippen molar-refractivity contribution in [3.63, 3.8) is 0 Å². The number of rotatable bonds is 6. The zero-order valence-electron chi connectivity index (χ0n) is 15.6. The van der Waals surface area contributed by atoms with Gasteiger partial charge in [-0.15, -0.1) is 0 Å². The van der Waals surface area contributed by atoms with E-state index < -0.39 is 11.6 Å². The smallest absolute Gasteiger partial charge is 0.325 e. The molecule has 1 fully saturated rings. The zero-order chi connectivity index (χ0) is 20.5. The first-order valence-corrected chi connectivity index (χ1v) is 9.42. The molecular formula is C21H20Cl2N2O3. The molecular weight excluding hydrogens is 399 g/mol. The molecule has 1 unspecified atom stereocenters. The first-order chi connectivity index (χ1) is 13.2. The van der Waals surface area contributed by atoms with Crippen LogP contribution in [0, 0.1) is 0 Å². The van der Waals surface area contributed by atoms with Gasteiger partial charge in [0.05, 0.1) is 6.54 Å². The highest BCUT2D eigenvalue weighted by Gasteiger charge is 2.49. The SMILES string of the molecule is C=C(C)COc1ccc(C2(C)NC(=O)N(Cc3c(Cl)cccc3Cl)C2=O)cc1. The topological polar surface area (TPSA) is 58.6 Å². The van der Waals surface area contributed by atoms with Crippen LogP contribution in [-0.2, 0) is 16.9 Å². The number of carbonyl (C=O) groups excluding carboxylic acids is 2. The van der Waals surface area contributed by atoms with Crippen molar-refractivity contribution in [1.29, 1.82) is 0 Å². The molecule has 0 saturated carbocycles. The average molecular weight is 419 g/mol. The lowest BCUT2D eigenvalue weighted by Crippen LogP contribution is -2.40. The van der Waals surface area contributed by atoms with Gasteiger partial charge in [0.1, 0.15) is 17.9 Å². The van der Waals surface area contributed by atoms with E-state index in [4.69, 9.17) is 27.9 Å². The van der Waals surface area contributed by atoms with Crippen molar-refractivity contribution in [2.24, 2.45) is 0 Å². The Morgan fingerprint density at radius 2 is 1.75 bits per heavy atom. The van der Waals surface area contributed by atoms with Crippen molar-refractivity contribution in [1.82, 2.24) is 10.2 Å². The van der Waals surface area contributed by atoms with E-state index >= 15 is 0 Å². The lowest BCUT2D eigenvalue weighted by Gasteiger charge is -2.23. The molecule has 1 heterocycles. The molecule has 0 bridgehead atoms. The van der Waals surface area contributed by atoms with Gasteiger partial charge >= 0.3 is 6.03 Å². The van der Waals surface area contributed by atoms with Gasteiger partial charge in [-0.3, -0.25) is 9.69 Å². The summed E-state index contributed by atoms with van der Waals surface area (Å²) in [6, 6.07) is 11.6. The van der Waals surface area contributed by atoms with Gasteiger partial charge in [0.2, 0.25) is 0 Å². The predicted molar refractivity (Wildman–Crippen MR) is 110 cm³/mol. The van der Waals surface area contributed by atoms with Crippen LogP contribution in [0.1, 0.15) is 25.0 Å². The number of amides is 3. The first kappa shape index (κ1) is 20.2. The summed E-state index contributed by atoms with van der Waals surface area (Å²) in [7, 11) is 0. The first-order valence-electron chi connectivity index (χ1n) is 8.67. The fourth-order valence-corrected chi connectivity index (χ4v) is 3.49. The minimum atomic E-state index is -1.18. The molecule has 5 nitrogen and oxygen atoms in total. The zero-order valence-corrected chi connectivity index (χ0v) is 17.1. The van der Waals surface area contributed by atoms with Crippen molar-refractivity contribution in [2.75, 3.05) is 6.61 Å². The fraction of sp³-hybridized carbons (Fsp3) is 0.238. The van der Waals surface area contributed by atoms with Crippen molar-refractivity contribution < 1.29 is 14.3 Å². The number of ether oxygens (including phenoxy) is 1. The highest BCUT2D eigenvalue weighted by atomic mass is 35.5. The minimum absolute atomic E-state index is 0.00142. The number of nitrogens with zero attached hydrogens (tertiary/aromatic N) is 1. The summed E-state index contributed by atoms with van der Waals surface area (Å²) in [6.45, 7) is 7.76. The molecule has 1 aliphatic heterocycles. The van der Waals surface area contributed by atoms with E-state index in [1.807, 2.05) is 6.92 Å². The van der Waals surface area contributed by atoms with Crippen LogP contribution >= 0.6 is 23.2 Å². The molecule has 1 atom stereocenters. The molecule has 3 amide bonds. The predicted octanol–water partition coefficient (Wildman–Crippen LogP) is 4.92. The molecule has 0 aliphatic carbocycles. The molecule has 3 rings (SSSR count). The lowest BCUT2D eigenvalue weighted by molar-refractivity contribution is -0.131. The van der Waals surface area contributed by atoms with Crippen LogP contribution in [0.3, 0.4) is 0 Å². The molecule has 2 aromatic rings. The monoisotopic (exact) mass is 418 g/mol. The van der Waals surface area contributed by atoms with E-state index in [1.165, 1.54) is 0 Å². The Morgan fingerprint density at radius 1 is 1.14 bits per heavy atom. The summed E-state index contributed by atoms with van der Waals surface area (Å²) in [5, 5.41) is 3.58. The van der Waals surface area contributed by atoms with Crippen LogP contribution in [0.25, 0.3) is 0 Å². The maximum Gasteiger partial charge on any atom is 0.325 e. The van der Waals surface area contributed by atoms with Gasteiger partial charge in [0.15, 0.2) is 0 Å². The highest BCUT2D eigenvalue weighted by molar-refractivity contribution is 6.36. The highest BCUT2D eigenvalue weighted by Crippen LogP contribution is 2.33. The molecule has 1 N–H and O–H groups in total. The molecule has 1 saturated heterocycles. The molecule has 7 heteroatoms. The van der Waals surface area contributed by atoms with Crippen LogP contribution in [0.4, 0.5) is 4.79 Å². The lowest BCUT2D eigenvalue weighted by atomic mass is 9.92. The van der Waals surface area contributed by atoms with E-state index in [0.29, 0.717) is 33.5 Å². The average Bonchev–Trinajstić information content (AvgIpc) is 2.87. The second kappa shape index (κ2) is 7.86. The van der Waals surface area contributed by atoms with Crippen LogP contribution in [0.5, 0.6) is 5.75 Å². The quantitative estimate of drug-likeness (QED) is 0.535. The maximum absolute atomic E-state index is 13.1. The Bertz CT molecular complexity index is 923. The Morgan fingerprint density at radius 3 is 2.32 bits per heavy atom. The van der Waals surface area contributed by atoms with Gasteiger partial charge in [-0.2, -0.15) is 0 Å². The Hall–Kier alpha value is -2.50. The number of urea groups is 1. The normalized spacial score (nSPS) is 18.9. The summed E-state index contributed by atoms with van der Waals surface area (Å²) in [5.41, 5.74) is 0.907. The fourth-order valence-electron chi connectivity index (χ4n) is 2.97. The summed E-state index contributed by atoms with van der Waals surface area (Å²) in [4.78, 5) is 26.7. The van der Waals surface area contributed by atoms with Gasteiger partial charge in [0, 0.05) is 15.6 Å². The Kier molecular flexibility index (Phi) is 5.68. The molecule has 0 radical (unpaired) electrons. The third kappa shape index (κ3) is 3.86. The standard InChI is InChI=1S/C21H20Cl2N2O3/c1-13(2)12-28-15-9-7-14(8-10-15)21(3)19(26)25(20(27)24-21)11-16-17(22)5-4-6-18(16)23/h4-10H,1,11-12H2,2-3H3,(H,24,27). The molecule has 28 heavy (non-hydrogen) atoms. The van der Waals surface area contributed by atoms with Crippen LogP contribution in [0.15, 0.2) is 54.6 Å². The third-order valence-corrected chi connectivity index (χ3v) is 5.28. The Labute approximate surface area is 173 Å². The number of nitrogens with one attached hydrogen (secondary N) is 1. The third-order valence-electron chi connectivity index (χ3n) is 4.57. The summed E-state index contributed by atoms with van der Waals surface area (Å²) in [5.74, 6) is 0.288. The summed E-state index contributed by atoms with van der Waals surface area (Å²) < 4.78 is 5.58. The number of benzene rings is 2. The Balaban J connectivity index is 1.82. The number of hydrogen-bond acceptors (Lipinski definition) is 3. The van der Waals surface area contributed by atoms with E-state index in [1.54, 1.807) is 49.4 Å². The number of carbonyl (C=O) groups is 2. The minimum Gasteiger partial charge on any atom is -0.489 e. The van der Waals surface area contributed by atoms with Gasteiger partial charge in [-0.05, 0) is 49.2 Å². The second-order valence-electron chi connectivity index (χ2n) is 6.92. The van der Waals surface area contributed by atoms with E-state index in [-0.39, 0.29) is 12.5 Å². The molecule has 1 aliphatic rings. The summed E-state index contributed by atoms with van der Waals surface area (Å²) in [6.07, 6.45) is 0. The van der Waals surface area contributed by atoms with Crippen molar-refractivity contribution in [3.8, 4) is 5.75 Å². The molecule has 146 valence electrons. The number of halogens is 2. The molecule has 2 aromatic carbocycles. The van der Waals surface area contributed by atoms with Gasteiger partial charge in [-0.25, -0.2) is 4.79 Å². The van der Waals surface area contributed by atoms with E-state index in [9.17, 15) is 9.59 Å². The summed E-state index contributed by atoms with van der Waals surface area (Å²) >= 11 is 12.4. The van der Waals surface area contributed by atoms with Crippen LogP contribution in [0.2, 0.25) is 10.0 Å². The molecule has 0 spiro atoms. The number of hydrogen-bond donors (Lipinski definition) is 1. The van der Waals surface area contributed by atoms with Crippen molar-refractivity contribution >= 4 is 35.1 Å². The van der Waals surface area contributed by atoms with Crippen molar-refractivity contribution in [2.45, 2.75) is 25.9 Å².